The summed E-state index contributed by atoms with van der Waals surface area (Å²) in [6.07, 6.45) is 0. The molecule has 58 heavy (non-hydrogen) atoms. The maximum atomic E-state index is 2.56. The first-order valence-electron chi connectivity index (χ1n) is 20.1. The van der Waals surface area contributed by atoms with Crippen LogP contribution < -0.4 is 0 Å². The van der Waals surface area contributed by atoms with Gasteiger partial charge in [-0.15, -0.1) is 0 Å². The van der Waals surface area contributed by atoms with Gasteiger partial charge in [0.2, 0.25) is 0 Å². The zero-order valence-electron chi connectivity index (χ0n) is 31.1. The molecule has 0 fully saturated rings. The molecule has 0 spiro atoms. The molecule has 0 radical (unpaired) electrons. The van der Waals surface area contributed by atoms with Gasteiger partial charge < -0.3 is 17.9 Å². The minimum atomic E-state index is 1.18. The standard InChI is InChI=1S/C54H30N4/c1-3-14-31(15-4-1)55-43-24-11-8-19-36(43)49-48(55)29-41-40-28-39-34-21-13-22-38-50-45(27-26-35-33-18-7-10-23-42(33)56(53(35)50)32-16-5-2-6-17-32)58(52(34)38)46(39)30-47(40)57-44-25-12-9-20-37(44)51(49)54(41)57/h1-30H. The summed E-state index contributed by atoms with van der Waals surface area (Å²) >= 11 is 0. The minimum absolute atomic E-state index is 1.18. The molecular formula is C54H30N4. The van der Waals surface area contributed by atoms with Crippen molar-refractivity contribution < 1.29 is 0 Å². The van der Waals surface area contributed by atoms with Crippen LogP contribution in [0.5, 0.6) is 0 Å². The Bertz CT molecular complexity index is 4230. The molecule has 0 bridgehead atoms. The van der Waals surface area contributed by atoms with Crippen molar-refractivity contribution in [1.29, 1.82) is 0 Å². The third kappa shape index (κ3) is 3.30. The van der Waals surface area contributed by atoms with Gasteiger partial charge in [0.25, 0.3) is 0 Å². The number of nitrogens with zero attached hydrogens (tertiary/aromatic N) is 4. The van der Waals surface area contributed by atoms with Crippen LogP contribution in [0.25, 0.3) is 131 Å². The van der Waals surface area contributed by atoms with Crippen LogP contribution >= 0.6 is 0 Å². The number of hydrogen-bond donors (Lipinski definition) is 0. The van der Waals surface area contributed by atoms with Crippen molar-refractivity contribution in [2.45, 2.75) is 0 Å². The fourth-order valence-corrected chi connectivity index (χ4v) is 11.2. The molecule has 0 aliphatic rings. The predicted octanol–water partition coefficient (Wildman–Crippen LogP) is 14.2. The number of rotatable bonds is 2. The Hall–Kier alpha value is -7.82. The summed E-state index contributed by atoms with van der Waals surface area (Å²) in [7, 11) is 0. The Morgan fingerprint density at radius 1 is 0.224 bits per heavy atom. The van der Waals surface area contributed by atoms with E-state index >= 15 is 0 Å². The molecular weight excluding hydrogens is 705 g/mol. The van der Waals surface area contributed by atoms with Crippen LogP contribution in [-0.4, -0.2) is 17.9 Å². The van der Waals surface area contributed by atoms with E-state index in [0.29, 0.717) is 0 Å². The summed E-state index contributed by atoms with van der Waals surface area (Å²) in [4.78, 5) is 0. The summed E-state index contributed by atoms with van der Waals surface area (Å²) in [5.41, 5.74) is 14.9. The molecule has 0 aliphatic carbocycles. The quantitative estimate of drug-likeness (QED) is 0.168. The highest BCUT2D eigenvalue weighted by atomic mass is 15.0. The average molecular weight is 735 g/mol. The van der Waals surface area contributed by atoms with E-state index in [4.69, 9.17) is 0 Å². The topological polar surface area (TPSA) is 18.7 Å². The van der Waals surface area contributed by atoms with E-state index < -0.39 is 0 Å². The van der Waals surface area contributed by atoms with Gasteiger partial charge in [-0.1, -0.05) is 115 Å². The van der Waals surface area contributed by atoms with Gasteiger partial charge in [-0.25, -0.2) is 0 Å². The van der Waals surface area contributed by atoms with Crippen molar-refractivity contribution in [2.75, 3.05) is 0 Å². The molecule has 0 unspecified atom stereocenters. The molecule has 0 aliphatic heterocycles. The van der Waals surface area contributed by atoms with Gasteiger partial charge in [-0.3, -0.25) is 0 Å². The SMILES string of the molecule is c1ccc(-n2c3ccccc3c3c4c5ccccc5n5c6cc7c(cc6c(cc32)c45)c2cccc3c4c5c(ccc4n7c23)c2ccccc2n5-c2ccccc2)cc1. The number of fused-ring (bicyclic) bond motifs is 20. The summed E-state index contributed by atoms with van der Waals surface area (Å²) < 4.78 is 10.1. The third-order valence-corrected chi connectivity index (χ3v) is 13.4. The summed E-state index contributed by atoms with van der Waals surface area (Å²) in [5.74, 6) is 0. The van der Waals surface area contributed by atoms with Crippen molar-refractivity contribution in [3.63, 3.8) is 0 Å². The average Bonchev–Trinajstić information content (AvgIpc) is 4.11. The summed E-state index contributed by atoms with van der Waals surface area (Å²) in [6.45, 7) is 0. The zero-order chi connectivity index (χ0) is 37.4. The van der Waals surface area contributed by atoms with E-state index in [1.54, 1.807) is 0 Å². The first-order chi connectivity index (χ1) is 28.8. The zero-order valence-corrected chi connectivity index (χ0v) is 31.1. The fourth-order valence-electron chi connectivity index (χ4n) is 11.2. The fraction of sp³-hybridized carbons (Fsp3) is 0. The lowest BCUT2D eigenvalue weighted by Crippen LogP contribution is -1.93. The van der Waals surface area contributed by atoms with E-state index in [1.165, 1.54) is 131 Å². The number of para-hydroxylation sites is 6. The lowest BCUT2D eigenvalue weighted by atomic mass is 10.0. The van der Waals surface area contributed by atoms with Gasteiger partial charge in [-0.2, -0.15) is 0 Å². The first kappa shape index (κ1) is 29.5. The Morgan fingerprint density at radius 2 is 0.776 bits per heavy atom. The molecule has 6 aromatic heterocycles. The van der Waals surface area contributed by atoms with Gasteiger partial charge >= 0.3 is 0 Å². The predicted molar refractivity (Wildman–Crippen MR) is 244 cm³/mol. The molecule has 4 heteroatoms. The normalized spacial score (nSPS) is 12.8. The van der Waals surface area contributed by atoms with Crippen molar-refractivity contribution >= 4 is 120 Å². The van der Waals surface area contributed by atoms with Crippen LogP contribution in [0.15, 0.2) is 182 Å². The molecule has 0 amide bonds. The molecule has 15 aromatic rings. The Kier molecular flexibility index (Phi) is 5.14. The molecule has 0 N–H and O–H groups in total. The molecule has 9 aromatic carbocycles. The molecule has 15 rings (SSSR count). The second-order valence-corrected chi connectivity index (χ2v) is 16.1. The van der Waals surface area contributed by atoms with E-state index in [9.17, 15) is 0 Å². The van der Waals surface area contributed by atoms with E-state index in [2.05, 4.69) is 200 Å². The number of aromatic nitrogens is 4. The smallest absolute Gasteiger partial charge is 0.0641 e. The number of benzene rings is 9. The Morgan fingerprint density at radius 3 is 1.53 bits per heavy atom. The van der Waals surface area contributed by atoms with Crippen molar-refractivity contribution in [1.82, 2.24) is 17.9 Å². The van der Waals surface area contributed by atoms with Crippen molar-refractivity contribution in [3.8, 4) is 11.4 Å². The highest BCUT2D eigenvalue weighted by molar-refractivity contribution is 6.37. The van der Waals surface area contributed by atoms with Crippen LogP contribution in [0.3, 0.4) is 0 Å². The Labute approximate surface area is 329 Å². The van der Waals surface area contributed by atoms with Crippen molar-refractivity contribution in [3.05, 3.63) is 182 Å². The van der Waals surface area contributed by atoms with Gasteiger partial charge in [0.05, 0.1) is 55.2 Å². The monoisotopic (exact) mass is 734 g/mol. The van der Waals surface area contributed by atoms with Crippen LogP contribution in [0.2, 0.25) is 0 Å². The van der Waals surface area contributed by atoms with E-state index in [-0.39, 0.29) is 0 Å². The summed E-state index contributed by atoms with van der Waals surface area (Å²) in [5, 5.41) is 15.5. The first-order valence-corrected chi connectivity index (χ1v) is 20.1. The minimum Gasteiger partial charge on any atom is -0.309 e. The largest absolute Gasteiger partial charge is 0.309 e. The second-order valence-electron chi connectivity index (χ2n) is 16.1. The Balaban J connectivity index is 1.15. The molecule has 0 saturated carbocycles. The highest BCUT2D eigenvalue weighted by Crippen LogP contribution is 2.50. The lowest BCUT2D eigenvalue weighted by Gasteiger charge is -2.09. The molecule has 266 valence electrons. The number of hydrogen-bond acceptors (Lipinski definition) is 0. The second kappa shape index (κ2) is 10.1. The molecule has 6 heterocycles. The lowest BCUT2D eigenvalue weighted by molar-refractivity contribution is 1.18. The maximum Gasteiger partial charge on any atom is 0.0641 e. The van der Waals surface area contributed by atoms with Crippen LogP contribution in [0, 0.1) is 0 Å². The van der Waals surface area contributed by atoms with E-state index in [1.807, 2.05) is 0 Å². The van der Waals surface area contributed by atoms with Crippen LogP contribution in [0.4, 0.5) is 0 Å². The maximum absolute atomic E-state index is 2.56. The highest BCUT2D eigenvalue weighted by Gasteiger charge is 2.27. The van der Waals surface area contributed by atoms with Gasteiger partial charge in [-0.05, 0) is 66.7 Å². The molecule has 0 atom stereocenters. The van der Waals surface area contributed by atoms with Gasteiger partial charge in [0.15, 0.2) is 0 Å². The van der Waals surface area contributed by atoms with Gasteiger partial charge in [0, 0.05) is 76.0 Å². The van der Waals surface area contributed by atoms with Crippen LogP contribution in [0.1, 0.15) is 0 Å². The van der Waals surface area contributed by atoms with Crippen molar-refractivity contribution in [2.24, 2.45) is 0 Å². The molecule has 4 nitrogen and oxygen atoms in total. The third-order valence-electron chi connectivity index (χ3n) is 13.4. The van der Waals surface area contributed by atoms with Crippen LogP contribution in [-0.2, 0) is 0 Å². The molecule has 0 saturated heterocycles. The van der Waals surface area contributed by atoms with Gasteiger partial charge in [0.1, 0.15) is 0 Å². The summed E-state index contributed by atoms with van der Waals surface area (Å²) in [6, 6.07) is 67.6. The van der Waals surface area contributed by atoms with E-state index in [0.717, 1.165) is 0 Å².